The van der Waals surface area contributed by atoms with Crippen LogP contribution < -0.4 is 4.90 Å². The summed E-state index contributed by atoms with van der Waals surface area (Å²) in [6, 6.07) is 62.0. The van der Waals surface area contributed by atoms with Gasteiger partial charge < -0.3 is 9.47 Å². The minimum atomic E-state index is -0.365. The van der Waals surface area contributed by atoms with Gasteiger partial charge in [0.1, 0.15) is 0 Å². The first kappa shape index (κ1) is 30.9. The van der Waals surface area contributed by atoms with Crippen LogP contribution >= 0.6 is 0 Å². The number of rotatable bonds is 5. The average molecular weight is 682 g/mol. The Balaban J connectivity index is 1.22. The second-order valence-electron chi connectivity index (χ2n) is 14.1. The lowest BCUT2D eigenvalue weighted by atomic mass is 9.72. The molecule has 1 aliphatic heterocycles. The molecule has 0 saturated carbocycles. The molecule has 1 aliphatic rings. The summed E-state index contributed by atoms with van der Waals surface area (Å²) < 4.78 is 2.40. The molecule has 53 heavy (non-hydrogen) atoms. The highest BCUT2D eigenvalue weighted by molar-refractivity contribution is 6.11. The van der Waals surface area contributed by atoms with Gasteiger partial charge in [-0.1, -0.05) is 129 Å². The predicted octanol–water partition coefficient (Wildman–Crippen LogP) is 12.1. The lowest BCUT2D eigenvalue weighted by Crippen LogP contribution is -2.30. The Bertz CT molecular complexity index is 2730. The molecule has 0 N–H and O–H groups in total. The number of benzene rings is 7. The van der Waals surface area contributed by atoms with E-state index in [-0.39, 0.29) is 5.41 Å². The predicted molar refractivity (Wildman–Crippen MR) is 217 cm³/mol. The van der Waals surface area contributed by atoms with Gasteiger partial charge in [-0.3, -0.25) is 0 Å². The van der Waals surface area contributed by atoms with E-state index in [1.54, 1.807) is 0 Å². The SMILES string of the molecule is CC1(C)c2cc(-c3nc(-c4ccccc4)nc(-c4ccccc4)n3)ccc2N(c2ccccc2)c2cc3c4ccccc4n(-c4ccccc4)c3cc21. The summed E-state index contributed by atoms with van der Waals surface area (Å²) in [5.41, 5.74) is 11.9. The molecule has 5 nitrogen and oxygen atoms in total. The van der Waals surface area contributed by atoms with Crippen molar-refractivity contribution in [3.8, 4) is 39.9 Å². The molecule has 2 aromatic heterocycles. The fraction of sp³-hybridized carbons (Fsp3) is 0.0625. The highest BCUT2D eigenvalue weighted by Gasteiger charge is 2.38. The van der Waals surface area contributed by atoms with Gasteiger partial charge in [-0.15, -0.1) is 0 Å². The topological polar surface area (TPSA) is 46.8 Å². The average Bonchev–Trinajstić information content (AvgIpc) is 3.55. The van der Waals surface area contributed by atoms with Crippen molar-refractivity contribution < 1.29 is 0 Å². The van der Waals surface area contributed by atoms with Crippen LogP contribution in [0.4, 0.5) is 17.1 Å². The molecule has 0 atom stereocenters. The van der Waals surface area contributed by atoms with Crippen molar-refractivity contribution in [3.05, 3.63) is 187 Å². The number of hydrogen-bond acceptors (Lipinski definition) is 4. The monoisotopic (exact) mass is 681 g/mol. The zero-order valence-corrected chi connectivity index (χ0v) is 29.5. The molecule has 10 rings (SSSR count). The maximum Gasteiger partial charge on any atom is 0.164 e. The summed E-state index contributed by atoms with van der Waals surface area (Å²) in [5, 5.41) is 2.46. The first-order chi connectivity index (χ1) is 26.0. The number of aromatic nitrogens is 4. The smallest absolute Gasteiger partial charge is 0.164 e. The maximum atomic E-state index is 5.09. The molecule has 7 aromatic carbocycles. The van der Waals surface area contributed by atoms with Gasteiger partial charge in [0, 0.05) is 44.3 Å². The summed E-state index contributed by atoms with van der Waals surface area (Å²) >= 11 is 0. The fourth-order valence-corrected chi connectivity index (χ4v) is 7.98. The van der Waals surface area contributed by atoms with Crippen molar-refractivity contribution in [2.45, 2.75) is 19.3 Å². The normalized spacial score (nSPS) is 13.2. The molecule has 0 unspecified atom stereocenters. The third-order valence-electron chi connectivity index (χ3n) is 10.6. The molecule has 0 spiro atoms. The van der Waals surface area contributed by atoms with Gasteiger partial charge in [0.2, 0.25) is 0 Å². The minimum absolute atomic E-state index is 0.365. The molecule has 3 heterocycles. The van der Waals surface area contributed by atoms with Crippen LogP contribution in [0.3, 0.4) is 0 Å². The summed E-state index contributed by atoms with van der Waals surface area (Å²) in [5.74, 6) is 1.95. The first-order valence-electron chi connectivity index (χ1n) is 18.0. The van der Waals surface area contributed by atoms with Crippen molar-refractivity contribution in [1.29, 1.82) is 0 Å². The highest BCUT2D eigenvalue weighted by Crippen LogP contribution is 2.54. The Kier molecular flexibility index (Phi) is 7.08. The molecule has 252 valence electrons. The van der Waals surface area contributed by atoms with Crippen LogP contribution in [0.15, 0.2) is 176 Å². The van der Waals surface area contributed by atoms with Gasteiger partial charge in [-0.05, 0) is 71.8 Å². The second-order valence-corrected chi connectivity index (χ2v) is 14.1. The third-order valence-corrected chi connectivity index (χ3v) is 10.6. The van der Waals surface area contributed by atoms with E-state index in [0.29, 0.717) is 17.5 Å². The number of fused-ring (bicyclic) bond motifs is 5. The Morgan fingerprint density at radius 2 is 0.906 bits per heavy atom. The summed E-state index contributed by atoms with van der Waals surface area (Å²) in [6.07, 6.45) is 0. The summed E-state index contributed by atoms with van der Waals surface area (Å²) in [6.45, 7) is 4.69. The van der Waals surface area contributed by atoms with Crippen LogP contribution in [0.5, 0.6) is 0 Å². The summed E-state index contributed by atoms with van der Waals surface area (Å²) in [4.78, 5) is 17.5. The Labute approximate surface area is 308 Å². The highest BCUT2D eigenvalue weighted by atomic mass is 15.2. The van der Waals surface area contributed by atoms with Gasteiger partial charge in [-0.2, -0.15) is 0 Å². The van der Waals surface area contributed by atoms with Crippen molar-refractivity contribution >= 4 is 38.9 Å². The second kappa shape index (κ2) is 12.1. The lowest BCUT2D eigenvalue weighted by Gasteiger charge is -2.42. The molecular weight excluding hydrogens is 647 g/mol. The Morgan fingerprint density at radius 3 is 1.53 bits per heavy atom. The van der Waals surface area contributed by atoms with Crippen molar-refractivity contribution in [1.82, 2.24) is 19.5 Å². The molecule has 9 aromatic rings. The molecule has 5 heteroatoms. The number of anilines is 3. The van der Waals surface area contributed by atoms with E-state index in [9.17, 15) is 0 Å². The van der Waals surface area contributed by atoms with E-state index in [1.807, 2.05) is 60.7 Å². The van der Waals surface area contributed by atoms with Crippen molar-refractivity contribution in [2.24, 2.45) is 0 Å². The quantitative estimate of drug-likeness (QED) is 0.181. The van der Waals surface area contributed by atoms with E-state index >= 15 is 0 Å². The maximum absolute atomic E-state index is 5.09. The Hall–Kier alpha value is -6.85. The van der Waals surface area contributed by atoms with Gasteiger partial charge in [0.05, 0.1) is 22.4 Å². The van der Waals surface area contributed by atoms with Crippen LogP contribution in [-0.2, 0) is 5.41 Å². The zero-order valence-electron chi connectivity index (χ0n) is 29.5. The van der Waals surface area contributed by atoms with E-state index in [2.05, 4.69) is 139 Å². The third kappa shape index (κ3) is 5.04. The van der Waals surface area contributed by atoms with E-state index in [4.69, 9.17) is 15.0 Å². The number of nitrogens with zero attached hydrogens (tertiary/aromatic N) is 5. The molecule has 0 aliphatic carbocycles. The van der Waals surface area contributed by atoms with Crippen LogP contribution in [0.2, 0.25) is 0 Å². The minimum Gasteiger partial charge on any atom is -0.310 e. The number of hydrogen-bond donors (Lipinski definition) is 0. The van der Waals surface area contributed by atoms with Gasteiger partial charge in [-0.25, -0.2) is 15.0 Å². The van der Waals surface area contributed by atoms with Gasteiger partial charge in [0.15, 0.2) is 17.5 Å². The van der Waals surface area contributed by atoms with E-state index < -0.39 is 0 Å². The lowest BCUT2D eigenvalue weighted by molar-refractivity contribution is 0.633. The largest absolute Gasteiger partial charge is 0.310 e. The molecule has 0 fully saturated rings. The van der Waals surface area contributed by atoms with E-state index in [1.165, 1.54) is 38.6 Å². The van der Waals surface area contributed by atoms with Crippen LogP contribution in [-0.4, -0.2) is 19.5 Å². The van der Waals surface area contributed by atoms with Crippen LogP contribution in [0.1, 0.15) is 25.0 Å². The first-order valence-corrected chi connectivity index (χ1v) is 18.0. The fourth-order valence-electron chi connectivity index (χ4n) is 7.98. The summed E-state index contributed by atoms with van der Waals surface area (Å²) in [7, 11) is 0. The zero-order chi connectivity index (χ0) is 35.5. The van der Waals surface area contributed by atoms with E-state index in [0.717, 1.165) is 33.8 Å². The molecule has 0 saturated heterocycles. The standard InChI is InChI=1S/C48H35N5/c1-48(2)39-29-34(47-50-45(32-17-7-3-8-18-32)49-46(51-47)33-19-9-4-10-20-33)27-28-42(39)53(36-23-13-6-14-24-36)44-30-38-37-25-15-16-26-41(37)52(43(38)31-40(44)48)35-21-11-5-12-22-35/h3-31H,1-2H3. The molecule has 0 amide bonds. The molecule has 0 radical (unpaired) electrons. The van der Waals surface area contributed by atoms with Gasteiger partial charge in [0.25, 0.3) is 0 Å². The Morgan fingerprint density at radius 1 is 0.396 bits per heavy atom. The van der Waals surface area contributed by atoms with Crippen molar-refractivity contribution in [2.75, 3.05) is 4.90 Å². The van der Waals surface area contributed by atoms with Crippen LogP contribution in [0.25, 0.3) is 61.7 Å². The molecule has 0 bridgehead atoms. The van der Waals surface area contributed by atoms with Gasteiger partial charge >= 0.3 is 0 Å². The molecular formula is C48H35N5. The van der Waals surface area contributed by atoms with Crippen molar-refractivity contribution in [3.63, 3.8) is 0 Å². The number of para-hydroxylation sites is 3. The van der Waals surface area contributed by atoms with Crippen LogP contribution in [0, 0.1) is 0 Å².